The Morgan fingerprint density at radius 2 is 1.71 bits per heavy atom. The summed E-state index contributed by atoms with van der Waals surface area (Å²) >= 11 is 0. The molecule has 0 aliphatic heterocycles. The molecule has 4 N–H and O–H groups in total. The van der Waals surface area contributed by atoms with E-state index in [0.717, 1.165) is 22.6 Å². The maximum absolute atomic E-state index is 16.0. The Kier molecular flexibility index (Phi) is 12.8. The maximum atomic E-state index is 16.0. The molecule has 0 bridgehead atoms. The Morgan fingerprint density at radius 3 is 2.22 bits per heavy atom. The number of aliphatic hydroxyl groups excluding tert-OH is 1. The molecule has 0 saturated heterocycles. The number of anilines is 1. The van der Waals surface area contributed by atoms with Crippen LogP contribution in [0, 0.1) is 18.7 Å². The van der Waals surface area contributed by atoms with Crippen molar-refractivity contribution < 1.29 is 29.0 Å². The van der Waals surface area contributed by atoms with Crippen molar-refractivity contribution >= 4 is 71.4 Å². The first-order valence-electron chi connectivity index (χ1n) is 15.5. The summed E-state index contributed by atoms with van der Waals surface area (Å²) in [7, 11) is 12.5. The second-order valence-electron chi connectivity index (χ2n) is 13.7. The van der Waals surface area contributed by atoms with Gasteiger partial charge in [-0.2, -0.15) is 0 Å². The lowest BCUT2D eigenvalue weighted by Crippen LogP contribution is -2.65. The Labute approximate surface area is 272 Å². The summed E-state index contributed by atoms with van der Waals surface area (Å²) < 4.78 is 16.0. The lowest BCUT2D eigenvalue weighted by atomic mass is 9.53. The van der Waals surface area contributed by atoms with Gasteiger partial charge in [-0.3, -0.25) is 9.59 Å². The lowest BCUT2D eigenvalue weighted by Gasteiger charge is -2.47. The third-order valence-electron chi connectivity index (χ3n) is 8.73. The van der Waals surface area contributed by atoms with E-state index in [2.05, 4.69) is 29.4 Å². The van der Waals surface area contributed by atoms with Gasteiger partial charge < -0.3 is 35.4 Å². The number of carbonyl (C=O) groups is 3. The van der Waals surface area contributed by atoms with Crippen molar-refractivity contribution in [1.29, 1.82) is 0 Å². The highest BCUT2D eigenvalue weighted by molar-refractivity contribution is 6.43. The van der Waals surface area contributed by atoms with Crippen molar-refractivity contribution in [3.63, 3.8) is 0 Å². The molecule has 2 amide bonds. The van der Waals surface area contributed by atoms with Crippen LogP contribution in [0.25, 0.3) is 0 Å². The van der Waals surface area contributed by atoms with Crippen LogP contribution < -0.4 is 10.6 Å². The standard InChI is InChI=1S/C29H47B6FN4O5/c1-18(2)16-39(12-14-42)28(32,33)20-9-10-21(22(36)15-20)27(30,31)38-23-8-5-7-19(3)24(23)29(34,35)40(17-43)26(45,11-6-13-41)25(44)37-4/h5,7-10,13,15,17-18,38,42,45H,6,11-12,14,16,30-35H2,1-4H3,(H,37,44). The number of nitrogens with one attached hydrogen (secondary N) is 2. The number of aliphatic hydroxyl groups is 2. The van der Waals surface area contributed by atoms with Crippen LogP contribution in [0.2, 0.25) is 0 Å². The van der Waals surface area contributed by atoms with Crippen LogP contribution in [0.5, 0.6) is 0 Å². The van der Waals surface area contributed by atoms with Crippen molar-refractivity contribution in [3.05, 3.63) is 64.5 Å². The number of nitrogens with zero attached hydrogens (tertiary/aromatic N) is 2. The van der Waals surface area contributed by atoms with Crippen LogP contribution in [0.3, 0.4) is 0 Å². The number of halogens is 1. The van der Waals surface area contributed by atoms with Gasteiger partial charge in [-0.05, 0) is 59.1 Å². The number of hydrogen-bond acceptors (Lipinski definition) is 7. The Balaban J connectivity index is 2.60. The van der Waals surface area contributed by atoms with Gasteiger partial charge in [0.05, 0.1) is 6.61 Å². The van der Waals surface area contributed by atoms with Crippen LogP contribution in [0.4, 0.5) is 10.1 Å². The number of amides is 2. The van der Waals surface area contributed by atoms with Crippen LogP contribution in [-0.4, -0.2) is 118 Å². The molecule has 0 radical (unpaired) electrons. The zero-order chi connectivity index (χ0) is 34.4. The van der Waals surface area contributed by atoms with Crippen molar-refractivity contribution in [3.8, 4) is 0 Å². The van der Waals surface area contributed by atoms with Gasteiger partial charge in [0.1, 0.15) is 59.2 Å². The summed E-state index contributed by atoms with van der Waals surface area (Å²) in [4.78, 5) is 39.9. The van der Waals surface area contributed by atoms with E-state index in [-0.39, 0.29) is 19.4 Å². The van der Waals surface area contributed by atoms with E-state index in [9.17, 15) is 24.6 Å². The van der Waals surface area contributed by atoms with E-state index in [4.69, 9.17) is 0 Å². The molecular weight excluding hydrogens is 568 g/mol. The zero-order valence-electron chi connectivity index (χ0n) is 28.6. The Hall–Kier alpha value is -2.95. The summed E-state index contributed by atoms with van der Waals surface area (Å²) in [6.45, 7) is 7.29. The van der Waals surface area contributed by atoms with Crippen LogP contribution in [0.15, 0.2) is 36.4 Å². The van der Waals surface area contributed by atoms with Crippen molar-refractivity contribution in [1.82, 2.24) is 15.1 Å². The predicted octanol–water partition coefficient (Wildman–Crippen LogP) is -3.80. The second-order valence-corrected chi connectivity index (χ2v) is 13.7. The summed E-state index contributed by atoms with van der Waals surface area (Å²) in [6.07, 6.45) is 0.570. The van der Waals surface area contributed by atoms with E-state index in [1.165, 1.54) is 7.05 Å². The summed E-state index contributed by atoms with van der Waals surface area (Å²) in [5.74, 6) is -0.843. The molecular formula is C29H47B6FN4O5. The van der Waals surface area contributed by atoms with Gasteiger partial charge in [0.15, 0.2) is 0 Å². The zero-order valence-corrected chi connectivity index (χ0v) is 28.6. The van der Waals surface area contributed by atoms with Crippen molar-refractivity contribution in [2.75, 3.05) is 32.1 Å². The normalized spacial score (nSPS) is 13.7. The topological polar surface area (TPSA) is 122 Å². The van der Waals surface area contributed by atoms with Gasteiger partial charge in [-0.1, -0.05) is 38.1 Å². The minimum absolute atomic E-state index is 0.00196. The first-order chi connectivity index (χ1) is 20.8. The largest absolute Gasteiger partial charge is 0.395 e. The van der Waals surface area contributed by atoms with E-state index in [0.29, 0.717) is 42.0 Å². The first kappa shape index (κ1) is 38.2. The SMILES string of the molecule is BC(B)(Nc1cccc(C)c1C(B)(B)N(C=O)C(O)(CCC=O)C(=O)NC)c1ccc(C(B)(B)N(CCO)CC(C)C)cc1F. The molecule has 0 saturated carbocycles. The molecule has 0 heterocycles. The number of aryl methyl sites for hydroxylation is 1. The Bertz CT molecular complexity index is 1370. The molecule has 2 aromatic carbocycles. The van der Waals surface area contributed by atoms with Gasteiger partial charge in [-0.15, -0.1) is 0 Å². The third kappa shape index (κ3) is 8.26. The molecule has 45 heavy (non-hydrogen) atoms. The molecule has 2 aromatic rings. The minimum Gasteiger partial charge on any atom is -0.395 e. The van der Waals surface area contributed by atoms with Gasteiger partial charge >= 0.3 is 0 Å². The summed E-state index contributed by atoms with van der Waals surface area (Å²) in [5.41, 5.74) is 0.881. The highest BCUT2D eigenvalue weighted by atomic mass is 19.1. The molecule has 0 fully saturated rings. The van der Waals surface area contributed by atoms with Gasteiger partial charge in [0, 0.05) is 42.8 Å². The number of likely N-dealkylation sites (N-methyl/N-ethyl adjacent to an activating group) is 1. The van der Waals surface area contributed by atoms with Gasteiger partial charge in [0.25, 0.3) is 5.91 Å². The van der Waals surface area contributed by atoms with E-state index >= 15 is 4.39 Å². The molecule has 238 valence electrons. The van der Waals surface area contributed by atoms with E-state index in [1.807, 2.05) is 62.6 Å². The summed E-state index contributed by atoms with van der Waals surface area (Å²) in [6, 6.07) is 10.7. The lowest BCUT2D eigenvalue weighted by molar-refractivity contribution is -0.174. The minimum atomic E-state index is -2.30. The third-order valence-corrected chi connectivity index (χ3v) is 8.73. The molecule has 2 rings (SSSR count). The fraction of sp³-hybridized carbons (Fsp3) is 0.483. The highest BCUT2D eigenvalue weighted by Gasteiger charge is 2.48. The van der Waals surface area contributed by atoms with Crippen LogP contribution >= 0.6 is 0 Å². The monoisotopic (exact) mass is 616 g/mol. The number of hydrogen-bond donors (Lipinski definition) is 4. The Morgan fingerprint density at radius 1 is 1.07 bits per heavy atom. The number of benzene rings is 2. The second kappa shape index (κ2) is 15.1. The first-order valence-corrected chi connectivity index (χ1v) is 15.5. The predicted molar refractivity (Wildman–Crippen MR) is 193 cm³/mol. The molecule has 16 heteroatoms. The van der Waals surface area contributed by atoms with Crippen molar-refractivity contribution in [2.45, 2.75) is 55.4 Å². The molecule has 1 atom stereocenters. The van der Waals surface area contributed by atoms with Gasteiger partial charge in [-0.25, -0.2) is 4.39 Å². The quantitative estimate of drug-likeness (QED) is 0.0819. The fourth-order valence-corrected chi connectivity index (χ4v) is 6.34. The maximum Gasteiger partial charge on any atom is 0.273 e. The molecule has 9 nitrogen and oxygen atoms in total. The van der Waals surface area contributed by atoms with Crippen LogP contribution in [-0.2, 0) is 30.4 Å². The fourth-order valence-electron chi connectivity index (χ4n) is 6.34. The van der Waals surface area contributed by atoms with E-state index < -0.39 is 33.5 Å². The average Bonchev–Trinajstić information content (AvgIpc) is 2.94. The number of carbonyl (C=O) groups excluding carboxylic acids is 3. The molecule has 0 aliphatic rings. The van der Waals surface area contributed by atoms with Gasteiger partial charge in [0.2, 0.25) is 12.1 Å². The number of aldehydes is 1. The highest BCUT2D eigenvalue weighted by Crippen LogP contribution is 2.38. The molecule has 0 spiro atoms. The molecule has 0 aliphatic carbocycles. The van der Waals surface area contributed by atoms with E-state index in [1.54, 1.807) is 27.8 Å². The van der Waals surface area contributed by atoms with Crippen LogP contribution in [0.1, 0.15) is 48.9 Å². The smallest absolute Gasteiger partial charge is 0.273 e. The summed E-state index contributed by atoms with van der Waals surface area (Å²) in [5, 5.41) is 24.4. The molecule has 1 unspecified atom stereocenters. The number of rotatable bonds is 17. The molecule has 0 aromatic heterocycles. The average molecular weight is 616 g/mol. The van der Waals surface area contributed by atoms with Crippen molar-refractivity contribution in [2.24, 2.45) is 5.92 Å².